The van der Waals surface area contributed by atoms with Crippen LogP contribution in [0.3, 0.4) is 0 Å². The van der Waals surface area contributed by atoms with E-state index in [1.807, 2.05) is 6.92 Å². The summed E-state index contributed by atoms with van der Waals surface area (Å²) in [5.74, 6) is 0.900. The van der Waals surface area contributed by atoms with Crippen LogP contribution in [0.25, 0.3) is 0 Å². The maximum absolute atomic E-state index is 11.9. The molecule has 0 saturated carbocycles. The van der Waals surface area contributed by atoms with E-state index in [4.69, 9.17) is 16.1 Å². The zero-order valence-electron chi connectivity index (χ0n) is 11.0. The molecule has 0 fully saturated rings. The maximum atomic E-state index is 11.9. The van der Waals surface area contributed by atoms with Crippen LogP contribution in [0.1, 0.15) is 29.5 Å². The van der Waals surface area contributed by atoms with E-state index in [2.05, 4.69) is 20.8 Å². The van der Waals surface area contributed by atoms with Gasteiger partial charge in [-0.15, -0.1) is 0 Å². The predicted molar refractivity (Wildman–Crippen MR) is 75.7 cm³/mol. The summed E-state index contributed by atoms with van der Waals surface area (Å²) < 4.78 is 4.89. The number of hydrogen-bond donors (Lipinski definition) is 2. The Labute approximate surface area is 121 Å². The summed E-state index contributed by atoms with van der Waals surface area (Å²) in [6, 6.07) is 3.27. The molecule has 2 aromatic rings. The number of aromatic nitrogens is 2. The monoisotopic (exact) mass is 294 g/mol. The molecule has 7 heteroatoms. The molecule has 2 N–H and O–H groups in total. The van der Waals surface area contributed by atoms with Crippen LogP contribution in [0.2, 0.25) is 5.02 Å². The topological polar surface area (TPSA) is 80.0 Å². The summed E-state index contributed by atoms with van der Waals surface area (Å²) in [6.45, 7) is 3.10. The lowest BCUT2D eigenvalue weighted by Gasteiger charge is -2.08. The molecule has 106 valence electrons. The first-order chi connectivity index (χ1) is 9.70. The molecule has 0 spiro atoms. The zero-order chi connectivity index (χ0) is 14.4. The van der Waals surface area contributed by atoms with Crippen LogP contribution in [-0.2, 0) is 6.54 Å². The summed E-state index contributed by atoms with van der Waals surface area (Å²) in [7, 11) is 0. The molecule has 2 heterocycles. The molecule has 2 aromatic heterocycles. The maximum Gasteiger partial charge on any atom is 0.253 e. The third kappa shape index (κ3) is 3.71. The summed E-state index contributed by atoms with van der Waals surface area (Å²) in [4.78, 5) is 16.1. The Balaban J connectivity index is 1.97. The van der Waals surface area contributed by atoms with Crippen molar-refractivity contribution in [1.82, 2.24) is 15.5 Å². The number of nitrogens with one attached hydrogen (secondary N) is 2. The molecule has 0 aliphatic carbocycles. The Morgan fingerprint density at radius 2 is 2.35 bits per heavy atom. The minimum absolute atomic E-state index is 0.266. The van der Waals surface area contributed by atoms with Gasteiger partial charge in [-0.3, -0.25) is 4.79 Å². The van der Waals surface area contributed by atoms with Gasteiger partial charge in [-0.05, 0) is 12.5 Å². The number of hydrogen-bond acceptors (Lipinski definition) is 5. The summed E-state index contributed by atoms with van der Waals surface area (Å²) in [5, 5.41) is 9.77. The smallest absolute Gasteiger partial charge is 0.253 e. The molecule has 0 radical (unpaired) electrons. The molecule has 0 saturated heterocycles. The van der Waals surface area contributed by atoms with Gasteiger partial charge in [-0.25, -0.2) is 4.98 Å². The highest BCUT2D eigenvalue weighted by Crippen LogP contribution is 2.20. The number of amides is 1. The van der Waals surface area contributed by atoms with Gasteiger partial charge in [-0.2, -0.15) is 0 Å². The number of halogens is 1. The molecule has 0 aliphatic heterocycles. The van der Waals surface area contributed by atoms with Crippen LogP contribution in [0.15, 0.2) is 29.0 Å². The molecular weight excluding hydrogens is 280 g/mol. The fourth-order valence-corrected chi connectivity index (χ4v) is 1.77. The van der Waals surface area contributed by atoms with Gasteiger partial charge in [-0.1, -0.05) is 23.7 Å². The van der Waals surface area contributed by atoms with Crippen molar-refractivity contribution in [1.29, 1.82) is 0 Å². The van der Waals surface area contributed by atoms with Crippen molar-refractivity contribution in [2.45, 2.75) is 19.9 Å². The SMILES string of the molecule is CCCNc1ncc(C(=O)NCc2ccno2)cc1Cl. The van der Waals surface area contributed by atoms with Gasteiger partial charge in [0.15, 0.2) is 5.76 Å². The Morgan fingerprint density at radius 3 is 3.00 bits per heavy atom. The van der Waals surface area contributed by atoms with Gasteiger partial charge >= 0.3 is 0 Å². The minimum Gasteiger partial charge on any atom is -0.369 e. The average Bonchev–Trinajstić information content (AvgIpc) is 2.96. The van der Waals surface area contributed by atoms with E-state index >= 15 is 0 Å². The molecule has 2 rings (SSSR count). The molecule has 20 heavy (non-hydrogen) atoms. The fraction of sp³-hybridized carbons (Fsp3) is 0.308. The van der Waals surface area contributed by atoms with E-state index in [0.717, 1.165) is 13.0 Å². The van der Waals surface area contributed by atoms with Crippen LogP contribution in [0.5, 0.6) is 0 Å². The Morgan fingerprint density at radius 1 is 1.50 bits per heavy atom. The van der Waals surface area contributed by atoms with Gasteiger partial charge in [0.25, 0.3) is 5.91 Å². The highest BCUT2D eigenvalue weighted by Gasteiger charge is 2.10. The molecule has 1 amide bonds. The first-order valence-corrected chi connectivity index (χ1v) is 6.65. The van der Waals surface area contributed by atoms with Crippen LogP contribution in [0.4, 0.5) is 5.82 Å². The first kappa shape index (κ1) is 14.3. The Kier molecular flexibility index (Phi) is 4.95. The van der Waals surface area contributed by atoms with E-state index < -0.39 is 0 Å². The Hall–Kier alpha value is -2.08. The number of carbonyl (C=O) groups is 1. The second-order valence-corrected chi connectivity index (χ2v) is 4.55. The van der Waals surface area contributed by atoms with Gasteiger partial charge in [0.05, 0.1) is 23.3 Å². The quantitative estimate of drug-likeness (QED) is 0.855. The largest absolute Gasteiger partial charge is 0.369 e. The molecule has 0 aliphatic rings. The van der Waals surface area contributed by atoms with Crippen molar-refractivity contribution >= 4 is 23.3 Å². The lowest BCUT2D eigenvalue weighted by Crippen LogP contribution is -2.22. The van der Waals surface area contributed by atoms with Crippen LogP contribution in [-0.4, -0.2) is 22.6 Å². The van der Waals surface area contributed by atoms with Gasteiger partial charge in [0, 0.05) is 18.8 Å². The van der Waals surface area contributed by atoms with Crippen molar-refractivity contribution in [2.24, 2.45) is 0 Å². The zero-order valence-corrected chi connectivity index (χ0v) is 11.8. The number of pyridine rings is 1. The fourth-order valence-electron chi connectivity index (χ4n) is 1.54. The minimum atomic E-state index is -0.266. The average molecular weight is 295 g/mol. The standard InChI is InChI=1S/C13H15ClN4O2/c1-2-4-15-12-11(14)6-9(7-16-12)13(19)17-8-10-3-5-18-20-10/h3,5-7H,2,4,8H2,1H3,(H,15,16)(H,17,19). The summed E-state index contributed by atoms with van der Waals surface area (Å²) >= 11 is 6.08. The summed E-state index contributed by atoms with van der Waals surface area (Å²) in [6.07, 6.45) is 3.98. The van der Waals surface area contributed by atoms with E-state index in [-0.39, 0.29) is 12.5 Å². The normalized spacial score (nSPS) is 10.3. The van der Waals surface area contributed by atoms with E-state index in [0.29, 0.717) is 22.2 Å². The number of rotatable bonds is 6. The van der Waals surface area contributed by atoms with Crippen molar-refractivity contribution in [3.8, 4) is 0 Å². The van der Waals surface area contributed by atoms with E-state index in [1.165, 1.54) is 12.4 Å². The highest BCUT2D eigenvalue weighted by molar-refractivity contribution is 6.33. The lowest BCUT2D eigenvalue weighted by molar-refractivity contribution is 0.0946. The molecule has 6 nitrogen and oxygen atoms in total. The van der Waals surface area contributed by atoms with Crippen LogP contribution in [0, 0.1) is 0 Å². The molecular formula is C13H15ClN4O2. The molecule has 0 atom stereocenters. The number of nitrogens with zero attached hydrogens (tertiary/aromatic N) is 2. The van der Waals surface area contributed by atoms with Crippen molar-refractivity contribution < 1.29 is 9.32 Å². The van der Waals surface area contributed by atoms with Crippen molar-refractivity contribution in [3.05, 3.63) is 40.9 Å². The number of anilines is 1. The molecule has 0 unspecified atom stereocenters. The van der Waals surface area contributed by atoms with Crippen molar-refractivity contribution in [2.75, 3.05) is 11.9 Å². The number of carbonyl (C=O) groups excluding carboxylic acids is 1. The van der Waals surface area contributed by atoms with Gasteiger partial charge in [0.2, 0.25) is 0 Å². The Bertz CT molecular complexity index is 572. The van der Waals surface area contributed by atoms with Gasteiger partial charge in [0.1, 0.15) is 5.82 Å². The lowest BCUT2D eigenvalue weighted by atomic mass is 10.2. The second-order valence-electron chi connectivity index (χ2n) is 4.14. The van der Waals surface area contributed by atoms with Crippen LogP contribution < -0.4 is 10.6 Å². The highest BCUT2D eigenvalue weighted by atomic mass is 35.5. The predicted octanol–water partition coefficient (Wildman–Crippen LogP) is 2.47. The third-order valence-electron chi connectivity index (χ3n) is 2.56. The first-order valence-electron chi connectivity index (χ1n) is 6.28. The van der Waals surface area contributed by atoms with Crippen LogP contribution >= 0.6 is 11.6 Å². The van der Waals surface area contributed by atoms with E-state index in [9.17, 15) is 4.79 Å². The molecule has 0 bridgehead atoms. The molecule has 0 aromatic carbocycles. The van der Waals surface area contributed by atoms with E-state index in [1.54, 1.807) is 12.1 Å². The summed E-state index contributed by atoms with van der Waals surface area (Å²) in [5.41, 5.74) is 0.400. The van der Waals surface area contributed by atoms with Gasteiger partial charge < -0.3 is 15.2 Å². The van der Waals surface area contributed by atoms with Crippen molar-refractivity contribution in [3.63, 3.8) is 0 Å². The third-order valence-corrected chi connectivity index (χ3v) is 2.85. The second kappa shape index (κ2) is 6.91.